The summed E-state index contributed by atoms with van der Waals surface area (Å²) in [7, 11) is 0. The molecular weight excluding hydrogens is 386 g/mol. The largest absolute Gasteiger partial charge is 0.380 e. The van der Waals surface area contributed by atoms with Gasteiger partial charge in [0.15, 0.2) is 0 Å². The number of hydrogen-bond donors (Lipinski definition) is 1. The van der Waals surface area contributed by atoms with Crippen LogP contribution in [0.3, 0.4) is 0 Å². The lowest BCUT2D eigenvalue weighted by Gasteiger charge is -2.26. The molecule has 0 saturated carbocycles. The molecule has 0 aliphatic carbocycles. The zero-order valence-corrected chi connectivity index (χ0v) is 19.1. The number of hydrogen-bond acceptors (Lipinski definition) is 1. The monoisotopic (exact) mass is 413 g/mol. The van der Waals surface area contributed by atoms with Crippen molar-refractivity contribution in [3.63, 3.8) is 0 Å². The molecule has 0 amide bonds. The van der Waals surface area contributed by atoms with E-state index in [0.29, 0.717) is 0 Å². The maximum Gasteiger partial charge on any atom is 0.0425 e. The Morgan fingerprint density at radius 2 is 1.25 bits per heavy atom. The highest BCUT2D eigenvalue weighted by molar-refractivity contribution is 6.15. The van der Waals surface area contributed by atoms with Crippen molar-refractivity contribution in [1.82, 2.24) is 0 Å². The van der Waals surface area contributed by atoms with E-state index in [-0.39, 0.29) is 0 Å². The van der Waals surface area contributed by atoms with Crippen molar-refractivity contribution in [2.45, 2.75) is 34.2 Å². The van der Waals surface area contributed by atoms with Gasteiger partial charge in [-0.1, -0.05) is 77.4 Å². The number of aryl methyl sites for hydroxylation is 4. The molecule has 0 spiro atoms. The average Bonchev–Trinajstić information content (AvgIpc) is 2.77. The highest BCUT2D eigenvalue weighted by atomic mass is 14.9. The van der Waals surface area contributed by atoms with Gasteiger partial charge in [-0.25, -0.2) is 0 Å². The van der Waals surface area contributed by atoms with Crippen LogP contribution in [0.4, 0.5) is 5.69 Å². The molecule has 5 aromatic rings. The smallest absolute Gasteiger partial charge is 0.0425 e. The summed E-state index contributed by atoms with van der Waals surface area (Å²) in [5, 5.41) is 8.95. The van der Waals surface area contributed by atoms with E-state index in [1.165, 1.54) is 77.3 Å². The van der Waals surface area contributed by atoms with Gasteiger partial charge in [0.2, 0.25) is 0 Å². The van der Waals surface area contributed by atoms with Crippen LogP contribution in [0.1, 0.15) is 27.8 Å². The minimum absolute atomic E-state index is 0.865. The van der Waals surface area contributed by atoms with Gasteiger partial charge in [0.25, 0.3) is 0 Å². The minimum atomic E-state index is 0.865. The standard InChI is InChI=1S/C31H27N/c1-18-5-8-24-22(11-18)16-28(27-13-19(2)6-9-25(24)27)29-14-21(4)12-23-17-32-30-15-20(3)7-10-26(30)31(23)29/h5-16,32H,17H2,1-4H3. The first-order valence-corrected chi connectivity index (χ1v) is 11.4. The lowest BCUT2D eigenvalue weighted by molar-refractivity contribution is 1.12. The van der Waals surface area contributed by atoms with Crippen LogP contribution < -0.4 is 5.32 Å². The van der Waals surface area contributed by atoms with E-state index < -0.39 is 0 Å². The molecule has 5 aromatic carbocycles. The molecule has 32 heavy (non-hydrogen) atoms. The van der Waals surface area contributed by atoms with Gasteiger partial charge in [0, 0.05) is 17.8 Å². The zero-order chi connectivity index (χ0) is 22.0. The average molecular weight is 414 g/mol. The van der Waals surface area contributed by atoms with Crippen LogP contribution in [0.5, 0.6) is 0 Å². The molecule has 1 aliphatic heterocycles. The second kappa shape index (κ2) is 6.97. The van der Waals surface area contributed by atoms with Crippen LogP contribution in [0, 0.1) is 27.7 Å². The molecule has 0 atom stereocenters. The Morgan fingerprint density at radius 1 is 0.531 bits per heavy atom. The molecule has 1 heterocycles. The van der Waals surface area contributed by atoms with Gasteiger partial charge < -0.3 is 5.32 Å². The normalized spacial score (nSPS) is 12.5. The van der Waals surface area contributed by atoms with Crippen molar-refractivity contribution in [3.05, 3.63) is 101 Å². The van der Waals surface area contributed by atoms with E-state index in [1.807, 2.05) is 0 Å². The van der Waals surface area contributed by atoms with Gasteiger partial charge in [-0.2, -0.15) is 0 Å². The van der Waals surface area contributed by atoms with Gasteiger partial charge in [-0.15, -0.1) is 0 Å². The van der Waals surface area contributed by atoms with Crippen LogP contribution >= 0.6 is 0 Å². The molecule has 1 aliphatic rings. The predicted octanol–water partition coefficient (Wildman–Crippen LogP) is 8.49. The topological polar surface area (TPSA) is 12.0 Å². The van der Waals surface area contributed by atoms with Gasteiger partial charge >= 0.3 is 0 Å². The lowest BCUT2D eigenvalue weighted by atomic mass is 9.83. The molecule has 6 rings (SSSR count). The first-order chi connectivity index (χ1) is 15.5. The summed E-state index contributed by atoms with van der Waals surface area (Å²) in [6.07, 6.45) is 0. The van der Waals surface area contributed by atoms with E-state index in [1.54, 1.807) is 0 Å². The molecule has 1 heteroatoms. The molecule has 0 unspecified atom stereocenters. The summed E-state index contributed by atoms with van der Waals surface area (Å²) < 4.78 is 0. The van der Waals surface area contributed by atoms with Crippen molar-refractivity contribution >= 4 is 27.2 Å². The van der Waals surface area contributed by atoms with Crippen LogP contribution in [0.25, 0.3) is 43.8 Å². The highest BCUT2D eigenvalue weighted by Crippen LogP contribution is 2.46. The Balaban J connectivity index is 1.76. The Kier molecular flexibility index (Phi) is 4.16. The molecule has 0 fully saturated rings. The van der Waals surface area contributed by atoms with Gasteiger partial charge in [0.05, 0.1) is 0 Å². The fraction of sp³-hybridized carbons (Fsp3) is 0.161. The second-order valence-electron chi connectivity index (χ2n) is 9.45. The summed E-state index contributed by atoms with van der Waals surface area (Å²) in [5.41, 5.74) is 13.1. The third kappa shape index (κ3) is 2.92. The Morgan fingerprint density at radius 3 is 2.09 bits per heavy atom. The molecule has 0 bridgehead atoms. The van der Waals surface area contributed by atoms with Gasteiger partial charge in [-0.05, 0) is 89.2 Å². The SMILES string of the molecule is Cc1ccc2c(c1)NCc1cc(C)cc(-c3cc4cc(C)ccc4c4ccc(C)cc34)c1-2. The molecular formula is C31H27N. The number of benzene rings is 5. The van der Waals surface area contributed by atoms with Crippen molar-refractivity contribution in [1.29, 1.82) is 0 Å². The molecule has 1 N–H and O–H groups in total. The van der Waals surface area contributed by atoms with Crippen molar-refractivity contribution < 1.29 is 0 Å². The fourth-order valence-electron chi connectivity index (χ4n) is 5.36. The first-order valence-electron chi connectivity index (χ1n) is 11.4. The molecule has 0 saturated heterocycles. The summed E-state index contributed by atoms with van der Waals surface area (Å²) in [6, 6.07) is 27.6. The Bertz CT molecular complexity index is 1560. The molecule has 1 nitrogen and oxygen atoms in total. The van der Waals surface area contributed by atoms with E-state index in [9.17, 15) is 0 Å². The summed E-state index contributed by atoms with van der Waals surface area (Å²) in [4.78, 5) is 0. The maximum atomic E-state index is 3.65. The van der Waals surface area contributed by atoms with Crippen molar-refractivity contribution in [2.75, 3.05) is 5.32 Å². The van der Waals surface area contributed by atoms with Crippen LogP contribution in [0.15, 0.2) is 72.8 Å². The molecule has 156 valence electrons. The molecule has 0 radical (unpaired) electrons. The fourth-order valence-corrected chi connectivity index (χ4v) is 5.36. The highest BCUT2D eigenvalue weighted by Gasteiger charge is 2.22. The van der Waals surface area contributed by atoms with E-state index >= 15 is 0 Å². The van der Waals surface area contributed by atoms with Crippen LogP contribution in [0.2, 0.25) is 0 Å². The van der Waals surface area contributed by atoms with E-state index in [2.05, 4.69) is 106 Å². The zero-order valence-electron chi connectivity index (χ0n) is 19.1. The molecule has 0 aromatic heterocycles. The number of anilines is 1. The Hall–Kier alpha value is -3.58. The summed E-state index contributed by atoms with van der Waals surface area (Å²) in [6.45, 7) is 9.61. The number of nitrogens with one attached hydrogen (secondary N) is 1. The van der Waals surface area contributed by atoms with Crippen molar-refractivity contribution in [2.24, 2.45) is 0 Å². The van der Waals surface area contributed by atoms with Gasteiger partial charge in [-0.3, -0.25) is 0 Å². The summed E-state index contributed by atoms with van der Waals surface area (Å²) >= 11 is 0. The number of rotatable bonds is 1. The maximum absolute atomic E-state index is 3.65. The van der Waals surface area contributed by atoms with Gasteiger partial charge in [0.1, 0.15) is 0 Å². The summed E-state index contributed by atoms with van der Waals surface area (Å²) in [5.74, 6) is 0. The third-order valence-corrected chi connectivity index (χ3v) is 6.83. The Labute approximate surface area is 189 Å². The van der Waals surface area contributed by atoms with Crippen molar-refractivity contribution in [3.8, 4) is 22.3 Å². The predicted molar refractivity (Wildman–Crippen MR) is 139 cm³/mol. The quantitative estimate of drug-likeness (QED) is 0.272. The second-order valence-corrected chi connectivity index (χ2v) is 9.45. The first kappa shape index (κ1) is 19.1. The lowest BCUT2D eigenvalue weighted by Crippen LogP contribution is -2.10. The number of fused-ring (bicyclic) bond motifs is 6. The third-order valence-electron chi connectivity index (χ3n) is 6.83. The van der Waals surface area contributed by atoms with E-state index in [4.69, 9.17) is 0 Å². The van der Waals surface area contributed by atoms with Crippen LogP contribution in [-0.4, -0.2) is 0 Å². The van der Waals surface area contributed by atoms with Crippen LogP contribution in [-0.2, 0) is 6.54 Å². The minimum Gasteiger partial charge on any atom is -0.380 e. The van der Waals surface area contributed by atoms with E-state index in [0.717, 1.165) is 6.54 Å².